The SMILES string of the molecule is CC(=O)OCCNC1CCN(C(C)C)CC1. The Hall–Kier alpha value is -0.610. The van der Waals surface area contributed by atoms with Crippen molar-refractivity contribution in [2.45, 2.75) is 45.7 Å². The van der Waals surface area contributed by atoms with Gasteiger partial charge in [0, 0.05) is 25.6 Å². The minimum absolute atomic E-state index is 0.198. The van der Waals surface area contributed by atoms with E-state index in [0.29, 0.717) is 18.7 Å². The van der Waals surface area contributed by atoms with Crippen LogP contribution < -0.4 is 5.32 Å². The number of hydrogen-bond acceptors (Lipinski definition) is 4. The number of nitrogens with zero attached hydrogens (tertiary/aromatic N) is 1. The fourth-order valence-electron chi connectivity index (χ4n) is 2.08. The van der Waals surface area contributed by atoms with Crippen molar-refractivity contribution in [1.82, 2.24) is 10.2 Å². The minimum atomic E-state index is -0.198. The number of carbonyl (C=O) groups excluding carboxylic acids is 1. The predicted octanol–water partition coefficient (Wildman–Crippen LogP) is 1.01. The molecule has 1 aliphatic rings. The van der Waals surface area contributed by atoms with E-state index in [4.69, 9.17) is 4.74 Å². The van der Waals surface area contributed by atoms with Crippen LogP contribution in [0, 0.1) is 0 Å². The van der Waals surface area contributed by atoms with Gasteiger partial charge >= 0.3 is 5.97 Å². The van der Waals surface area contributed by atoms with Gasteiger partial charge in [0.2, 0.25) is 0 Å². The third-order valence-electron chi connectivity index (χ3n) is 3.10. The third-order valence-corrected chi connectivity index (χ3v) is 3.10. The van der Waals surface area contributed by atoms with Crippen LogP contribution in [0.3, 0.4) is 0 Å². The Kier molecular flexibility index (Phi) is 5.77. The molecule has 0 atom stereocenters. The smallest absolute Gasteiger partial charge is 0.302 e. The Morgan fingerprint density at radius 2 is 2.06 bits per heavy atom. The molecule has 4 heteroatoms. The van der Waals surface area contributed by atoms with Crippen molar-refractivity contribution < 1.29 is 9.53 Å². The van der Waals surface area contributed by atoms with Crippen molar-refractivity contribution in [3.63, 3.8) is 0 Å². The van der Waals surface area contributed by atoms with Crippen molar-refractivity contribution in [2.24, 2.45) is 0 Å². The molecular formula is C12H24N2O2. The molecule has 0 spiro atoms. The normalized spacial score (nSPS) is 19.0. The summed E-state index contributed by atoms with van der Waals surface area (Å²) in [7, 11) is 0. The molecule has 0 bridgehead atoms. The summed E-state index contributed by atoms with van der Waals surface area (Å²) < 4.78 is 4.88. The molecule has 0 aromatic rings. The molecule has 0 aliphatic carbocycles. The van der Waals surface area contributed by atoms with Crippen LogP contribution in [0.15, 0.2) is 0 Å². The van der Waals surface area contributed by atoms with Crippen LogP contribution in [0.25, 0.3) is 0 Å². The molecule has 0 radical (unpaired) electrons. The van der Waals surface area contributed by atoms with Crippen molar-refractivity contribution >= 4 is 5.97 Å². The van der Waals surface area contributed by atoms with Crippen LogP contribution in [0.1, 0.15) is 33.6 Å². The third kappa shape index (κ3) is 4.94. The minimum Gasteiger partial charge on any atom is -0.465 e. The van der Waals surface area contributed by atoms with Gasteiger partial charge in [-0.25, -0.2) is 0 Å². The lowest BCUT2D eigenvalue weighted by molar-refractivity contribution is -0.140. The number of nitrogens with one attached hydrogen (secondary N) is 1. The average molecular weight is 228 g/mol. The summed E-state index contributed by atoms with van der Waals surface area (Å²) in [4.78, 5) is 13.1. The lowest BCUT2D eigenvalue weighted by atomic mass is 10.0. The van der Waals surface area contributed by atoms with Crippen LogP contribution in [0.5, 0.6) is 0 Å². The lowest BCUT2D eigenvalue weighted by Crippen LogP contribution is -2.45. The number of rotatable bonds is 5. The van der Waals surface area contributed by atoms with Gasteiger partial charge in [0.1, 0.15) is 6.61 Å². The van der Waals surface area contributed by atoms with Crippen LogP contribution in [-0.4, -0.2) is 49.2 Å². The molecule has 16 heavy (non-hydrogen) atoms. The van der Waals surface area contributed by atoms with E-state index in [-0.39, 0.29) is 5.97 Å². The van der Waals surface area contributed by atoms with E-state index in [1.54, 1.807) is 0 Å². The molecule has 1 saturated heterocycles. The van der Waals surface area contributed by atoms with Crippen LogP contribution >= 0.6 is 0 Å². The van der Waals surface area contributed by atoms with Crippen LogP contribution in [-0.2, 0) is 9.53 Å². The quantitative estimate of drug-likeness (QED) is 0.563. The summed E-state index contributed by atoms with van der Waals surface area (Å²) in [5.41, 5.74) is 0. The largest absolute Gasteiger partial charge is 0.465 e. The zero-order valence-electron chi connectivity index (χ0n) is 10.7. The van der Waals surface area contributed by atoms with Gasteiger partial charge in [-0.2, -0.15) is 0 Å². The van der Waals surface area contributed by atoms with Gasteiger partial charge in [-0.3, -0.25) is 4.79 Å². The first-order valence-electron chi connectivity index (χ1n) is 6.20. The maximum absolute atomic E-state index is 10.6. The second-order valence-corrected chi connectivity index (χ2v) is 4.70. The first-order valence-corrected chi connectivity index (χ1v) is 6.20. The Labute approximate surface area is 98.3 Å². The second kappa shape index (κ2) is 6.86. The Morgan fingerprint density at radius 1 is 1.44 bits per heavy atom. The van der Waals surface area contributed by atoms with E-state index in [1.807, 2.05) is 0 Å². The monoisotopic (exact) mass is 228 g/mol. The van der Waals surface area contributed by atoms with E-state index < -0.39 is 0 Å². The molecule has 1 aliphatic heterocycles. The molecule has 1 rings (SSSR count). The topological polar surface area (TPSA) is 41.6 Å². The number of esters is 1. The second-order valence-electron chi connectivity index (χ2n) is 4.70. The highest BCUT2D eigenvalue weighted by Crippen LogP contribution is 2.12. The summed E-state index contributed by atoms with van der Waals surface area (Å²) in [6, 6.07) is 1.24. The zero-order chi connectivity index (χ0) is 12.0. The first-order chi connectivity index (χ1) is 7.59. The fourth-order valence-corrected chi connectivity index (χ4v) is 2.08. The van der Waals surface area contributed by atoms with Crippen LogP contribution in [0.2, 0.25) is 0 Å². The van der Waals surface area contributed by atoms with E-state index in [9.17, 15) is 4.79 Å². The van der Waals surface area contributed by atoms with Crippen molar-refractivity contribution in [1.29, 1.82) is 0 Å². The molecule has 1 fully saturated rings. The average Bonchev–Trinajstić information content (AvgIpc) is 2.25. The summed E-state index contributed by atoms with van der Waals surface area (Å²) in [6.07, 6.45) is 2.39. The van der Waals surface area contributed by atoms with Crippen LogP contribution in [0.4, 0.5) is 0 Å². The number of carbonyl (C=O) groups is 1. The maximum atomic E-state index is 10.6. The summed E-state index contributed by atoms with van der Waals surface area (Å²) in [5.74, 6) is -0.198. The van der Waals surface area contributed by atoms with Gasteiger partial charge in [-0.15, -0.1) is 0 Å². The zero-order valence-corrected chi connectivity index (χ0v) is 10.7. The van der Waals surface area contributed by atoms with Crippen molar-refractivity contribution in [3.8, 4) is 0 Å². The number of piperidine rings is 1. The summed E-state index contributed by atoms with van der Waals surface area (Å²) in [5, 5.41) is 3.43. The summed E-state index contributed by atoms with van der Waals surface area (Å²) in [6.45, 7) is 9.53. The van der Waals surface area contributed by atoms with Gasteiger partial charge in [0.05, 0.1) is 0 Å². The highest BCUT2D eigenvalue weighted by molar-refractivity contribution is 5.65. The highest BCUT2D eigenvalue weighted by Gasteiger charge is 2.19. The highest BCUT2D eigenvalue weighted by atomic mass is 16.5. The Balaban J connectivity index is 2.06. The molecule has 0 saturated carbocycles. The molecule has 0 aromatic carbocycles. The molecule has 1 heterocycles. The summed E-state index contributed by atoms with van der Waals surface area (Å²) >= 11 is 0. The number of ether oxygens (including phenoxy) is 1. The standard InChI is InChI=1S/C12H24N2O2/c1-10(2)14-7-4-12(5-8-14)13-6-9-16-11(3)15/h10,12-13H,4-9H2,1-3H3. The predicted molar refractivity (Wildman–Crippen MR) is 64.4 cm³/mol. The molecular weight excluding hydrogens is 204 g/mol. The van der Waals surface area contributed by atoms with Gasteiger partial charge < -0.3 is 15.0 Å². The molecule has 0 unspecified atom stereocenters. The first kappa shape index (κ1) is 13.5. The van der Waals surface area contributed by atoms with E-state index in [0.717, 1.165) is 6.54 Å². The molecule has 4 nitrogen and oxygen atoms in total. The van der Waals surface area contributed by atoms with Gasteiger partial charge in [-0.05, 0) is 39.8 Å². The molecule has 0 amide bonds. The maximum Gasteiger partial charge on any atom is 0.302 e. The van der Waals surface area contributed by atoms with Gasteiger partial charge in [0.25, 0.3) is 0 Å². The Bertz CT molecular complexity index is 211. The van der Waals surface area contributed by atoms with Gasteiger partial charge in [-0.1, -0.05) is 0 Å². The number of likely N-dealkylation sites (tertiary alicyclic amines) is 1. The molecule has 0 aromatic heterocycles. The molecule has 1 N–H and O–H groups in total. The molecule has 94 valence electrons. The van der Waals surface area contributed by atoms with Crippen molar-refractivity contribution in [2.75, 3.05) is 26.2 Å². The van der Waals surface area contributed by atoms with Crippen molar-refractivity contribution in [3.05, 3.63) is 0 Å². The van der Waals surface area contributed by atoms with E-state index >= 15 is 0 Å². The van der Waals surface area contributed by atoms with E-state index in [1.165, 1.54) is 32.9 Å². The fraction of sp³-hybridized carbons (Fsp3) is 0.917. The number of hydrogen-bond donors (Lipinski definition) is 1. The van der Waals surface area contributed by atoms with E-state index in [2.05, 4.69) is 24.1 Å². The lowest BCUT2D eigenvalue weighted by Gasteiger charge is -2.34. The van der Waals surface area contributed by atoms with Gasteiger partial charge in [0.15, 0.2) is 0 Å². The Morgan fingerprint density at radius 3 is 2.56 bits per heavy atom.